The van der Waals surface area contributed by atoms with Gasteiger partial charge in [0.25, 0.3) is 5.91 Å². The van der Waals surface area contributed by atoms with Crippen LogP contribution < -0.4 is 5.32 Å². The van der Waals surface area contributed by atoms with E-state index < -0.39 is 59.3 Å². The molecule has 0 rings (SSSR count). The Kier molecular flexibility index (Phi) is 7.17. The molecule has 174 valence electrons. The van der Waals surface area contributed by atoms with E-state index in [0.717, 1.165) is 5.32 Å². The van der Waals surface area contributed by atoms with Crippen molar-refractivity contribution < 1.29 is 66.3 Å². The van der Waals surface area contributed by atoms with Crippen LogP contribution in [-0.4, -0.2) is 53.4 Å². The van der Waals surface area contributed by atoms with Crippen molar-refractivity contribution in [1.29, 1.82) is 0 Å². The van der Waals surface area contributed by atoms with Gasteiger partial charge in [0, 0.05) is 6.54 Å². The zero-order chi connectivity index (χ0) is 24.1. The van der Waals surface area contributed by atoms with Crippen molar-refractivity contribution in [2.24, 2.45) is 5.92 Å². The van der Waals surface area contributed by atoms with Gasteiger partial charge in [0.15, 0.2) is 0 Å². The first-order valence-corrected chi connectivity index (χ1v) is 7.33. The molecule has 0 unspecified atom stereocenters. The minimum absolute atomic E-state index is 0.778. The maximum Gasteiger partial charge on any atom is 0.393 e. The summed E-state index contributed by atoms with van der Waals surface area (Å²) in [5.74, 6) is -50.8. The zero-order valence-electron chi connectivity index (χ0n) is 13.9. The molecule has 0 aromatic heterocycles. The summed E-state index contributed by atoms with van der Waals surface area (Å²) in [4.78, 5) is 11.0. The Morgan fingerprint density at radius 1 is 0.690 bits per heavy atom. The molecule has 0 radical (unpaired) electrons. The van der Waals surface area contributed by atoms with E-state index in [-0.39, 0.29) is 0 Å². The number of carbonyl (C=O) groups excluding carboxylic acids is 1. The maximum absolute atomic E-state index is 13.4. The predicted octanol–water partition coefficient (Wildman–Crippen LogP) is 5.40. The van der Waals surface area contributed by atoms with Gasteiger partial charge in [0.1, 0.15) is 0 Å². The first-order chi connectivity index (χ1) is 12.3. The standard InChI is InChI=1S/C12H10ClF14NO/c1-4(2)3-28-5(29)6(14,15)7(16,17)8(18,19)9(20,21)10(22,23)11(24,25)12(13,26)27/h4H,3H2,1-2H3,(H,28,29). The van der Waals surface area contributed by atoms with Crippen molar-refractivity contribution in [3.8, 4) is 0 Å². The fraction of sp³-hybridized carbons (Fsp3) is 0.917. The lowest BCUT2D eigenvalue weighted by Gasteiger charge is -2.41. The summed E-state index contributed by atoms with van der Waals surface area (Å²) in [6, 6.07) is 0. The summed E-state index contributed by atoms with van der Waals surface area (Å²) in [7, 11) is 0. The Morgan fingerprint density at radius 3 is 1.31 bits per heavy atom. The first kappa shape index (κ1) is 27.8. The van der Waals surface area contributed by atoms with E-state index in [4.69, 9.17) is 0 Å². The number of halogens is 15. The number of hydrogen-bond donors (Lipinski definition) is 1. The van der Waals surface area contributed by atoms with Crippen molar-refractivity contribution in [3.05, 3.63) is 0 Å². The summed E-state index contributed by atoms with van der Waals surface area (Å²) in [5.41, 5.74) is 0. The normalized spacial score (nSPS) is 15.7. The molecule has 0 heterocycles. The van der Waals surface area contributed by atoms with Crippen LogP contribution in [0.5, 0.6) is 0 Å². The Balaban J connectivity index is 6.39. The lowest BCUT2D eigenvalue weighted by Crippen LogP contribution is -2.73. The molecular formula is C12H10ClF14NO. The van der Waals surface area contributed by atoms with Crippen LogP contribution in [0.15, 0.2) is 0 Å². The molecule has 0 spiro atoms. The number of nitrogens with one attached hydrogen (secondary N) is 1. The van der Waals surface area contributed by atoms with E-state index in [1.807, 2.05) is 0 Å². The van der Waals surface area contributed by atoms with Crippen LogP contribution in [-0.2, 0) is 4.79 Å². The van der Waals surface area contributed by atoms with Gasteiger partial charge in [-0.2, -0.15) is 61.5 Å². The molecule has 1 N–H and O–H groups in total. The summed E-state index contributed by atoms with van der Waals surface area (Å²) < 4.78 is 184. The quantitative estimate of drug-likeness (QED) is 0.344. The second-order valence-electron chi connectivity index (χ2n) is 6.05. The van der Waals surface area contributed by atoms with Gasteiger partial charge < -0.3 is 5.32 Å². The van der Waals surface area contributed by atoms with Gasteiger partial charge in [-0.15, -0.1) is 0 Å². The highest BCUT2D eigenvalue weighted by atomic mass is 35.5. The van der Waals surface area contributed by atoms with Crippen LogP contribution in [0.25, 0.3) is 0 Å². The number of rotatable bonds is 9. The molecule has 0 aromatic carbocycles. The second kappa shape index (κ2) is 7.48. The number of amides is 1. The van der Waals surface area contributed by atoms with Crippen molar-refractivity contribution in [2.45, 2.75) is 54.8 Å². The molecule has 2 nitrogen and oxygen atoms in total. The molecule has 0 fully saturated rings. The third kappa shape index (κ3) is 4.04. The SMILES string of the molecule is CC(C)CNC(=O)C(F)(F)C(F)(F)C(F)(F)C(F)(F)C(F)(F)C(F)(F)C(F)(F)Cl. The Hall–Kier alpha value is -1.22. The van der Waals surface area contributed by atoms with Crippen molar-refractivity contribution in [2.75, 3.05) is 6.54 Å². The monoisotopic (exact) mass is 485 g/mol. The molecule has 0 aliphatic heterocycles. The Bertz CT molecular complexity index is 612. The van der Waals surface area contributed by atoms with Crippen LogP contribution in [0, 0.1) is 5.92 Å². The third-order valence-corrected chi connectivity index (χ3v) is 3.52. The molecule has 0 saturated heterocycles. The van der Waals surface area contributed by atoms with Crippen LogP contribution in [0.1, 0.15) is 13.8 Å². The fourth-order valence-electron chi connectivity index (χ4n) is 1.52. The van der Waals surface area contributed by atoms with E-state index >= 15 is 0 Å². The average molecular weight is 486 g/mol. The second-order valence-corrected chi connectivity index (χ2v) is 6.52. The third-order valence-electron chi connectivity index (χ3n) is 3.28. The molecule has 0 aliphatic rings. The molecule has 0 aliphatic carbocycles. The smallest absolute Gasteiger partial charge is 0.350 e. The van der Waals surface area contributed by atoms with Gasteiger partial charge in [-0.25, -0.2) is 0 Å². The molecule has 17 heteroatoms. The van der Waals surface area contributed by atoms with Gasteiger partial charge in [0.2, 0.25) is 0 Å². The highest BCUT2D eigenvalue weighted by molar-refractivity contribution is 6.22. The van der Waals surface area contributed by atoms with E-state index in [9.17, 15) is 66.3 Å². The minimum Gasteiger partial charge on any atom is -0.350 e. The van der Waals surface area contributed by atoms with Gasteiger partial charge in [0.05, 0.1) is 0 Å². The highest BCUT2D eigenvalue weighted by Gasteiger charge is 2.93. The predicted molar refractivity (Wildman–Crippen MR) is 68.3 cm³/mol. The fourth-order valence-corrected chi connectivity index (χ4v) is 1.64. The molecule has 0 atom stereocenters. The van der Waals surface area contributed by atoms with E-state index in [1.165, 1.54) is 13.8 Å². The van der Waals surface area contributed by atoms with Crippen LogP contribution in [0.3, 0.4) is 0 Å². The van der Waals surface area contributed by atoms with Crippen LogP contribution in [0.4, 0.5) is 61.5 Å². The average Bonchev–Trinajstić information content (AvgIpc) is 2.50. The molecule has 0 saturated carbocycles. The topological polar surface area (TPSA) is 29.1 Å². The Morgan fingerprint density at radius 2 is 1.00 bits per heavy atom. The van der Waals surface area contributed by atoms with Gasteiger partial charge in [-0.3, -0.25) is 4.79 Å². The summed E-state index contributed by atoms with van der Waals surface area (Å²) in [6.45, 7) is 1.45. The van der Waals surface area contributed by atoms with Crippen molar-refractivity contribution >= 4 is 17.5 Å². The maximum atomic E-state index is 13.4. The highest BCUT2D eigenvalue weighted by Crippen LogP contribution is 2.62. The lowest BCUT2D eigenvalue weighted by molar-refractivity contribution is -0.431. The van der Waals surface area contributed by atoms with E-state index in [1.54, 1.807) is 0 Å². The number of alkyl halides is 15. The van der Waals surface area contributed by atoms with Gasteiger partial charge in [-0.1, -0.05) is 13.8 Å². The molecule has 0 aromatic rings. The lowest BCUT2D eigenvalue weighted by atomic mass is 9.91. The van der Waals surface area contributed by atoms with Gasteiger partial charge in [-0.05, 0) is 17.5 Å². The summed E-state index contributed by atoms with van der Waals surface area (Å²) in [6.07, 6.45) is 0. The number of hydrogen-bond acceptors (Lipinski definition) is 1. The van der Waals surface area contributed by atoms with E-state index in [2.05, 4.69) is 11.6 Å². The summed E-state index contributed by atoms with van der Waals surface area (Å²) in [5, 5.41) is -5.77. The van der Waals surface area contributed by atoms with E-state index in [0.29, 0.717) is 0 Å². The van der Waals surface area contributed by atoms with Crippen LogP contribution >= 0.6 is 11.6 Å². The van der Waals surface area contributed by atoms with Crippen molar-refractivity contribution in [3.63, 3.8) is 0 Å². The first-order valence-electron chi connectivity index (χ1n) is 6.96. The molecule has 1 amide bonds. The van der Waals surface area contributed by atoms with Gasteiger partial charge >= 0.3 is 40.9 Å². The molecular weight excluding hydrogens is 476 g/mol. The van der Waals surface area contributed by atoms with Crippen molar-refractivity contribution in [1.82, 2.24) is 5.32 Å². The minimum atomic E-state index is -8.24. The molecule has 0 bridgehead atoms. The zero-order valence-corrected chi connectivity index (χ0v) is 14.6. The summed E-state index contributed by atoms with van der Waals surface area (Å²) >= 11 is 3.45. The Labute approximate surface area is 157 Å². The number of carbonyl (C=O) groups is 1. The molecule has 29 heavy (non-hydrogen) atoms. The largest absolute Gasteiger partial charge is 0.393 e. The van der Waals surface area contributed by atoms with Crippen LogP contribution in [0.2, 0.25) is 0 Å².